The first-order valence-electron chi connectivity index (χ1n) is 9.46. The van der Waals surface area contributed by atoms with Crippen LogP contribution in [0.25, 0.3) is 0 Å². The van der Waals surface area contributed by atoms with Gasteiger partial charge in [-0.2, -0.15) is 0 Å². The molecule has 5 heteroatoms. The van der Waals surface area contributed by atoms with Crippen molar-refractivity contribution < 1.29 is 9.18 Å². The van der Waals surface area contributed by atoms with E-state index < -0.39 is 0 Å². The van der Waals surface area contributed by atoms with Gasteiger partial charge in [0.05, 0.1) is 6.04 Å². The number of hydrogen-bond acceptors (Lipinski definition) is 3. The van der Waals surface area contributed by atoms with E-state index in [-0.39, 0.29) is 17.8 Å². The first-order chi connectivity index (χ1) is 12.0. The fourth-order valence-electron chi connectivity index (χ4n) is 4.33. The standard InChI is InChI=1S/C20H30FN3O/c1-3-9-24-15-20(7-10-23(2)11-8-20)13-18(24)19(25)22-14-16-5-4-6-17(21)12-16/h4-6,12,18H,3,7-11,13-15H2,1-2H3,(H,22,25). The minimum Gasteiger partial charge on any atom is -0.351 e. The number of rotatable bonds is 5. The van der Waals surface area contributed by atoms with E-state index in [1.807, 2.05) is 6.07 Å². The van der Waals surface area contributed by atoms with Gasteiger partial charge >= 0.3 is 0 Å². The second-order valence-electron chi connectivity index (χ2n) is 7.84. The predicted molar refractivity (Wildman–Crippen MR) is 97.7 cm³/mol. The van der Waals surface area contributed by atoms with Crippen molar-refractivity contribution in [3.63, 3.8) is 0 Å². The Bertz CT molecular complexity index is 598. The molecule has 1 aromatic carbocycles. The number of likely N-dealkylation sites (tertiary alicyclic amines) is 2. The highest BCUT2D eigenvalue weighted by Crippen LogP contribution is 2.43. The van der Waals surface area contributed by atoms with Gasteiger partial charge in [0.15, 0.2) is 0 Å². The van der Waals surface area contributed by atoms with Crippen LogP contribution in [-0.2, 0) is 11.3 Å². The predicted octanol–water partition coefficient (Wildman–Crippen LogP) is 2.64. The highest BCUT2D eigenvalue weighted by molar-refractivity contribution is 5.82. The summed E-state index contributed by atoms with van der Waals surface area (Å²) in [6.45, 7) is 6.81. The fourth-order valence-corrected chi connectivity index (χ4v) is 4.33. The van der Waals surface area contributed by atoms with Gasteiger partial charge in [0, 0.05) is 13.1 Å². The molecule has 0 radical (unpaired) electrons. The van der Waals surface area contributed by atoms with Crippen LogP contribution in [0.5, 0.6) is 0 Å². The number of hydrogen-bond donors (Lipinski definition) is 1. The Morgan fingerprint density at radius 2 is 2.12 bits per heavy atom. The summed E-state index contributed by atoms with van der Waals surface area (Å²) < 4.78 is 13.3. The van der Waals surface area contributed by atoms with E-state index in [4.69, 9.17) is 0 Å². The van der Waals surface area contributed by atoms with Gasteiger partial charge in [0.25, 0.3) is 0 Å². The number of carbonyl (C=O) groups excluding carboxylic acids is 1. The Labute approximate surface area is 150 Å². The molecule has 2 heterocycles. The van der Waals surface area contributed by atoms with Gasteiger partial charge in [0.1, 0.15) is 5.82 Å². The van der Waals surface area contributed by atoms with Crippen molar-refractivity contribution in [1.29, 1.82) is 0 Å². The zero-order chi connectivity index (χ0) is 17.9. The van der Waals surface area contributed by atoms with Gasteiger partial charge in [0.2, 0.25) is 5.91 Å². The SMILES string of the molecule is CCCN1CC2(CCN(C)CC2)CC1C(=O)NCc1cccc(F)c1. The lowest BCUT2D eigenvalue weighted by molar-refractivity contribution is -0.125. The van der Waals surface area contributed by atoms with Gasteiger partial charge in [-0.25, -0.2) is 4.39 Å². The Balaban J connectivity index is 1.63. The minimum absolute atomic E-state index is 0.0445. The molecule has 2 saturated heterocycles. The second-order valence-corrected chi connectivity index (χ2v) is 7.84. The molecule has 4 nitrogen and oxygen atoms in total. The van der Waals surface area contributed by atoms with Crippen molar-refractivity contribution in [2.24, 2.45) is 5.41 Å². The normalized spacial score (nSPS) is 23.9. The van der Waals surface area contributed by atoms with Crippen LogP contribution in [0.1, 0.15) is 38.2 Å². The van der Waals surface area contributed by atoms with Crippen LogP contribution in [0.2, 0.25) is 0 Å². The number of amides is 1. The summed E-state index contributed by atoms with van der Waals surface area (Å²) >= 11 is 0. The van der Waals surface area contributed by atoms with Crippen molar-refractivity contribution in [2.45, 2.75) is 45.2 Å². The van der Waals surface area contributed by atoms with Crippen molar-refractivity contribution in [1.82, 2.24) is 15.1 Å². The highest BCUT2D eigenvalue weighted by Gasteiger charge is 2.47. The first kappa shape index (κ1) is 18.3. The van der Waals surface area contributed by atoms with Crippen molar-refractivity contribution >= 4 is 5.91 Å². The third-order valence-electron chi connectivity index (χ3n) is 5.82. The zero-order valence-corrected chi connectivity index (χ0v) is 15.4. The molecular weight excluding hydrogens is 317 g/mol. The molecular formula is C20H30FN3O. The number of nitrogens with one attached hydrogen (secondary N) is 1. The van der Waals surface area contributed by atoms with Crippen LogP contribution in [0.4, 0.5) is 4.39 Å². The van der Waals surface area contributed by atoms with Gasteiger partial charge in [-0.05, 0) is 75.5 Å². The zero-order valence-electron chi connectivity index (χ0n) is 15.4. The van der Waals surface area contributed by atoms with Crippen LogP contribution < -0.4 is 5.32 Å². The molecule has 1 N–H and O–H groups in total. The van der Waals surface area contributed by atoms with E-state index in [1.54, 1.807) is 6.07 Å². The first-order valence-corrected chi connectivity index (χ1v) is 9.46. The molecule has 2 aliphatic heterocycles. The Morgan fingerprint density at radius 3 is 2.80 bits per heavy atom. The number of piperidine rings is 1. The molecule has 1 atom stereocenters. The molecule has 0 saturated carbocycles. The van der Waals surface area contributed by atoms with Crippen LogP contribution in [0.3, 0.4) is 0 Å². The summed E-state index contributed by atoms with van der Waals surface area (Å²) in [5, 5.41) is 3.03. The van der Waals surface area contributed by atoms with Crippen LogP contribution in [0, 0.1) is 11.2 Å². The molecule has 2 aliphatic rings. The number of carbonyl (C=O) groups is 1. The number of benzene rings is 1. The lowest BCUT2D eigenvalue weighted by atomic mass is 9.76. The van der Waals surface area contributed by atoms with E-state index >= 15 is 0 Å². The highest BCUT2D eigenvalue weighted by atomic mass is 19.1. The maximum atomic E-state index is 13.3. The van der Waals surface area contributed by atoms with E-state index in [2.05, 4.69) is 29.1 Å². The molecule has 1 unspecified atom stereocenters. The summed E-state index contributed by atoms with van der Waals surface area (Å²) in [4.78, 5) is 17.6. The summed E-state index contributed by atoms with van der Waals surface area (Å²) in [7, 11) is 2.18. The molecule has 0 aromatic heterocycles. The number of halogens is 1. The summed E-state index contributed by atoms with van der Waals surface area (Å²) in [6, 6.07) is 6.40. The lowest BCUT2D eigenvalue weighted by Gasteiger charge is -2.37. The van der Waals surface area contributed by atoms with E-state index in [1.165, 1.54) is 25.0 Å². The fraction of sp³-hybridized carbons (Fsp3) is 0.650. The number of nitrogens with zero attached hydrogens (tertiary/aromatic N) is 2. The molecule has 0 bridgehead atoms. The summed E-state index contributed by atoms with van der Waals surface area (Å²) in [5.74, 6) is -0.168. The second kappa shape index (κ2) is 7.83. The van der Waals surface area contributed by atoms with Crippen LogP contribution >= 0.6 is 0 Å². The molecule has 1 amide bonds. The van der Waals surface area contributed by atoms with Gasteiger partial charge < -0.3 is 10.2 Å². The van der Waals surface area contributed by atoms with Gasteiger partial charge in [-0.1, -0.05) is 19.1 Å². The molecule has 0 aliphatic carbocycles. The molecule has 138 valence electrons. The van der Waals surface area contributed by atoms with E-state index in [0.29, 0.717) is 12.0 Å². The monoisotopic (exact) mass is 347 g/mol. The van der Waals surface area contributed by atoms with Crippen LogP contribution in [-0.4, -0.2) is 55.0 Å². The third-order valence-corrected chi connectivity index (χ3v) is 5.82. The Kier molecular flexibility index (Phi) is 5.74. The quantitative estimate of drug-likeness (QED) is 0.889. The lowest BCUT2D eigenvalue weighted by Crippen LogP contribution is -2.43. The molecule has 2 fully saturated rings. The maximum absolute atomic E-state index is 13.3. The molecule has 25 heavy (non-hydrogen) atoms. The summed E-state index contributed by atoms with van der Waals surface area (Å²) in [6.07, 6.45) is 4.37. The van der Waals surface area contributed by atoms with Crippen molar-refractivity contribution in [3.8, 4) is 0 Å². The van der Waals surface area contributed by atoms with Gasteiger partial charge in [-0.15, -0.1) is 0 Å². The Morgan fingerprint density at radius 1 is 1.36 bits per heavy atom. The average molecular weight is 347 g/mol. The van der Waals surface area contributed by atoms with E-state index in [9.17, 15) is 9.18 Å². The molecule has 1 aromatic rings. The van der Waals surface area contributed by atoms with Crippen LogP contribution in [0.15, 0.2) is 24.3 Å². The topological polar surface area (TPSA) is 35.6 Å². The third kappa shape index (κ3) is 4.39. The smallest absolute Gasteiger partial charge is 0.237 e. The van der Waals surface area contributed by atoms with Gasteiger partial charge in [-0.3, -0.25) is 9.69 Å². The Hall–Kier alpha value is -1.46. The average Bonchev–Trinajstić information content (AvgIpc) is 2.95. The summed E-state index contributed by atoms with van der Waals surface area (Å²) in [5.41, 5.74) is 1.10. The maximum Gasteiger partial charge on any atom is 0.237 e. The minimum atomic E-state index is -0.259. The largest absolute Gasteiger partial charge is 0.351 e. The van der Waals surface area contributed by atoms with E-state index in [0.717, 1.165) is 44.6 Å². The molecule has 1 spiro atoms. The van der Waals surface area contributed by atoms with Crippen molar-refractivity contribution in [3.05, 3.63) is 35.6 Å². The molecule has 3 rings (SSSR count). The van der Waals surface area contributed by atoms with Crippen molar-refractivity contribution in [2.75, 3.05) is 33.2 Å².